The van der Waals surface area contributed by atoms with Gasteiger partial charge in [0.25, 0.3) is 5.88 Å². The summed E-state index contributed by atoms with van der Waals surface area (Å²) in [7, 11) is 0. The molecule has 102 valence electrons. The second-order valence-corrected chi connectivity index (χ2v) is 4.53. The maximum absolute atomic E-state index is 14.3. The molecule has 0 aliphatic heterocycles. The summed E-state index contributed by atoms with van der Waals surface area (Å²) in [6.07, 6.45) is 1.04. The summed E-state index contributed by atoms with van der Waals surface area (Å²) >= 11 is 5.51. The second kappa shape index (κ2) is 4.72. The van der Waals surface area contributed by atoms with Crippen LogP contribution in [0, 0.1) is 18.6 Å². The zero-order valence-corrected chi connectivity index (χ0v) is 11.0. The van der Waals surface area contributed by atoms with Gasteiger partial charge in [-0.15, -0.1) is 0 Å². The molecule has 20 heavy (non-hydrogen) atoms. The Bertz CT molecular complexity index is 804. The predicted octanol–water partition coefficient (Wildman–Crippen LogP) is 3.99. The van der Waals surface area contributed by atoms with E-state index in [4.69, 9.17) is 16.3 Å². The average molecular weight is 296 g/mol. The third-order valence-electron chi connectivity index (χ3n) is 2.76. The summed E-state index contributed by atoms with van der Waals surface area (Å²) in [5.74, 6) is -2.08. The number of nitrogens with zero attached hydrogens (tertiary/aromatic N) is 2. The lowest BCUT2D eigenvalue weighted by molar-refractivity contribution is 0.398. The van der Waals surface area contributed by atoms with Gasteiger partial charge in [-0.1, -0.05) is 11.6 Å². The first kappa shape index (κ1) is 12.8. The van der Waals surface area contributed by atoms with Crippen molar-refractivity contribution in [1.82, 2.24) is 15.0 Å². The maximum atomic E-state index is 14.3. The number of nitrogens with one attached hydrogen (secondary N) is 1. The second-order valence-electron chi connectivity index (χ2n) is 4.18. The molecule has 3 rings (SSSR count). The summed E-state index contributed by atoms with van der Waals surface area (Å²) in [5, 5.41) is -0.0189. The van der Waals surface area contributed by atoms with Gasteiger partial charge in [0, 0.05) is 16.6 Å². The van der Waals surface area contributed by atoms with Crippen LogP contribution in [0.25, 0.3) is 10.9 Å². The topological polar surface area (TPSA) is 50.8 Å². The van der Waals surface area contributed by atoms with E-state index in [0.29, 0.717) is 10.9 Å². The summed E-state index contributed by atoms with van der Waals surface area (Å²) in [6, 6.07) is 4.67. The highest BCUT2D eigenvalue weighted by Gasteiger charge is 2.16. The van der Waals surface area contributed by atoms with Crippen LogP contribution in [-0.4, -0.2) is 15.0 Å². The van der Waals surface area contributed by atoms with E-state index >= 15 is 0 Å². The molecule has 0 fully saturated rings. The Morgan fingerprint density at radius 3 is 2.80 bits per heavy atom. The van der Waals surface area contributed by atoms with E-state index in [1.807, 2.05) is 6.92 Å². The molecule has 0 radical (unpaired) electrons. The van der Waals surface area contributed by atoms with Crippen molar-refractivity contribution in [3.63, 3.8) is 0 Å². The number of ether oxygens (including phenoxy) is 1. The Hall–Kier alpha value is -2.21. The van der Waals surface area contributed by atoms with Gasteiger partial charge in [-0.3, -0.25) is 0 Å². The molecule has 7 heteroatoms. The van der Waals surface area contributed by atoms with E-state index in [1.165, 1.54) is 6.07 Å². The number of hydrogen-bond acceptors (Lipinski definition) is 3. The van der Waals surface area contributed by atoms with E-state index in [1.54, 1.807) is 12.1 Å². The molecule has 0 aliphatic rings. The molecule has 0 spiro atoms. The number of aromatic amines is 1. The Morgan fingerprint density at radius 2 is 2.00 bits per heavy atom. The van der Waals surface area contributed by atoms with Crippen LogP contribution in [0.1, 0.15) is 5.69 Å². The van der Waals surface area contributed by atoms with Gasteiger partial charge in [0.1, 0.15) is 6.33 Å². The zero-order valence-electron chi connectivity index (χ0n) is 10.2. The van der Waals surface area contributed by atoms with Crippen molar-refractivity contribution >= 4 is 22.5 Å². The summed E-state index contributed by atoms with van der Waals surface area (Å²) < 4.78 is 33.0. The van der Waals surface area contributed by atoms with Gasteiger partial charge in [-0.05, 0) is 25.1 Å². The van der Waals surface area contributed by atoms with Crippen LogP contribution < -0.4 is 4.74 Å². The van der Waals surface area contributed by atoms with Gasteiger partial charge < -0.3 is 9.72 Å². The molecule has 0 amide bonds. The normalized spacial score (nSPS) is 11.0. The van der Waals surface area contributed by atoms with Crippen LogP contribution >= 0.6 is 11.6 Å². The molecule has 3 aromatic rings. The number of fused-ring (bicyclic) bond motifs is 1. The van der Waals surface area contributed by atoms with Gasteiger partial charge >= 0.3 is 0 Å². The molecule has 1 aromatic carbocycles. The van der Waals surface area contributed by atoms with E-state index < -0.39 is 17.5 Å². The number of hydrogen-bond donors (Lipinski definition) is 1. The molecule has 4 nitrogen and oxygen atoms in total. The van der Waals surface area contributed by atoms with Crippen LogP contribution in [0.4, 0.5) is 8.78 Å². The Labute approximate surface area is 117 Å². The molecule has 1 N–H and O–H groups in total. The Kier molecular flexibility index (Phi) is 3.02. The molecule has 0 aliphatic carbocycles. The number of benzene rings is 1. The van der Waals surface area contributed by atoms with Crippen molar-refractivity contribution in [2.24, 2.45) is 0 Å². The van der Waals surface area contributed by atoms with E-state index in [-0.39, 0.29) is 10.9 Å². The smallest absolute Gasteiger partial charge is 0.260 e. The highest BCUT2D eigenvalue weighted by Crippen LogP contribution is 2.31. The van der Waals surface area contributed by atoms with Crippen LogP contribution in [0.2, 0.25) is 5.15 Å². The SMILES string of the molecule is Cc1cc2c(F)c(Oc3ncnc(Cl)c3F)ccc2[nH]1. The van der Waals surface area contributed by atoms with Crippen LogP contribution in [0.3, 0.4) is 0 Å². The number of aromatic nitrogens is 3. The highest BCUT2D eigenvalue weighted by molar-refractivity contribution is 6.29. The number of H-pyrrole nitrogens is 1. The van der Waals surface area contributed by atoms with Crippen molar-refractivity contribution < 1.29 is 13.5 Å². The van der Waals surface area contributed by atoms with Crippen molar-refractivity contribution in [3.05, 3.63) is 47.0 Å². The van der Waals surface area contributed by atoms with Gasteiger partial charge in [-0.25, -0.2) is 9.37 Å². The summed E-state index contributed by atoms with van der Waals surface area (Å²) in [5.41, 5.74) is 1.45. The summed E-state index contributed by atoms with van der Waals surface area (Å²) in [6.45, 7) is 1.81. The molecule has 0 saturated carbocycles. The van der Waals surface area contributed by atoms with Crippen LogP contribution in [0.5, 0.6) is 11.6 Å². The quantitative estimate of drug-likeness (QED) is 0.727. The fraction of sp³-hybridized carbons (Fsp3) is 0.0769. The number of aryl methyl sites for hydroxylation is 1. The van der Waals surface area contributed by atoms with Crippen molar-refractivity contribution in [1.29, 1.82) is 0 Å². The van der Waals surface area contributed by atoms with E-state index in [9.17, 15) is 8.78 Å². The molecule has 0 saturated heterocycles. The third kappa shape index (κ3) is 2.08. The minimum atomic E-state index is -0.932. The van der Waals surface area contributed by atoms with Crippen LogP contribution in [0.15, 0.2) is 24.5 Å². The fourth-order valence-corrected chi connectivity index (χ4v) is 2.00. The first-order valence-corrected chi connectivity index (χ1v) is 6.05. The largest absolute Gasteiger partial charge is 0.433 e. The molecule has 0 atom stereocenters. The average Bonchev–Trinajstić information content (AvgIpc) is 2.80. The Morgan fingerprint density at radius 1 is 1.20 bits per heavy atom. The van der Waals surface area contributed by atoms with Gasteiger partial charge in [0.15, 0.2) is 16.7 Å². The third-order valence-corrected chi connectivity index (χ3v) is 3.02. The van der Waals surface area contributed by atoms with Crippen molar-refractivity contribution in [2.45, 2.75) is 6.92 Å². The number of rotatable bonds is 2. The van der Waals surface area contributed by atoms with E-state index in [0.717, 1.165) is 12.0 Å². The van der Waals surface area contributed by atoms with Crippen molar-refractivity contribution in [2.75, 3.05) is 0 Å². The zero-order chi connectivity index (χ0) is 14.3. The molecular formula is C13H8ClF2N3O. The minimum absolute atomic E-state index is 0.134. The molecule has 2 aromatic heterocycles. The van der Waals surface area contributed by atoms with Gasteiger partial charge in [0.05, 0.1) is 0 Å². The van der Waals surface area contributed by atoms with Gasteiger partial charge in [0.2, 0.25) is 5.82 Å². The monoisotopic (exact) mass is 295 g/mol. The lowest BCUT2D eigenvalue weighted by Crippen LogP contribution is -1.96. The maximum Gasteiger partial charge on any atom is 0.260 e. The Balaban J connectivity index is 2.06. The highest BCUT2D eigenvalue weighted by atomic mass is 35.5. The van der Waals surface area contributed by atoms with E-state index in [2.05, 4.69) is 15.0 Å². The standard InChI is InChI=1S/C13H8ClF2N3O/c1-6-4-7-8(19-6)2-3-9(10(7)15)20-13-11(16)12(14)17-5-18-13/h2-5,19H,1H3. The predicted molar refractivity (Wildman–Crippen MR) is 70.1 cm³/mol. The molecule has 0 bridgehead atoms. The minimum Gasteiger partial charge on any atom is -0.433 e. The van der Waals surface area contributed by atoms with Crippen molar-refractivity contribution in [3.8, 4) is 11.6 Å². The first-order chi connectivity index (χ1) is 9.56. The molecule has 2 heterocycles. The number of halogens is 3. The lowest BCUT2D eigenvalue weighted by Gasteiger charge is -2.07. The van der Waals surface area contributed by atoms with Gasteiger partial charge in [-0.2, -0.15) is 9.37 Å². The molecule has 0 unspecified atom stereocenters. The lowest BCUT2D eigenvalue weighted by atomic mass is 10.2. The van der Waals surface area contributed by atoms with Crippen LogP contribution in [-0.2, 0) is 0 Å². The first-order valence-electron chi connectivity index (χ1n) is 5.68. The fourth-order valence-electron chi connectivity index (χ4n) is 1.88. The molecular weight excluding hydrogens is 288 g/mol. The summed E-state index contributed by atoms with van der Waals surface area (Å²) in [4.78, 5) is 10.0.